The highest BCUT2D eigenvalue weighted by molar-refractivity contribution is 5.67. The van der Waals surface area contributed by atoms with Gasteiger partial charge in [-0.15, -0.1) is 0 Å². The predicted octanol–water partition coefficient (Wildman–Crippen LogP) is 5.60. The number of amides is 1. The van der Waals surface area contributed by atoms with Gasteiger partial charge in [0.1, 0.15) is 11.8 Å². The summed E-state index contributed by atoms with van der Waals surface area (Å²) in [7, 11) is 1.84. The SMILES string of the molecule is CCOCC1(COCC)CCC(c2nn(C3CCCCO3)cc2CN2CC(CN(C)C(=O)OC(C)(C)C)C2)CC1. The van der Waals surface area contributed by atoms with Crippen molar-refractivity contribution in [2.24, 2.45) is 11.3 Å². The van der Waals surface area contributed by atoms with Gasteiger partial charge in [-0.1, -0.05) is 0 Å². The Kier molecular flexibility index (Phi) is 10.9. The van der Waals surface area contributed by atoms with Crippen LogP contribution in [0, 0.1) is 11.3 Å². The van der Waals surface area contributed by atoms with Crippen LogP contribution < -0.4 is 0 Å². The number of likely N-dealkylation sites (tertiary alicyclic amines) is 1. The molecule has 1 atom stereocenters. The van der Waals surface area contributed by atoms with Crippen molar-refractivity contribution in [3.63, 3.8) is 0 Å². The van der Waals surface area contributed by atoms with E-state index in [1.807, 2.05) is 27.8 Å². The predicted molar refractivity (Wildman–Crippen MR) is 155 cm³/mol. The molecule has 1 amide bonds. The highest BCUT2D eigenvalue weighted by atomic mass is 16.6. The van der Waals surface area contributed by atoms with Crippen molar-refractivity contribution in [3.05, 3.63) is 17.5 Å². The van der Waals surface area contributed by atoms with Crippen LogP contribution in [0.15, 0.2) is 6.20 Å². The Hall–Kier alpha value is -1.68. The number of nitrogens with zero attached hydrogens (tertiary/aromatic N) is 4. The molecular weight excluding hydrogens is 508 g/mol. The van der Waals surface area contributed by atoms with Gasteiger partial charge in [-0.2, -0.15) is 5.10 Å². The van der Waals surface area contributed by atoms with E-state index in [2.05, 4.69) is 29.6 Å². The van der Waals surface area contributed by atoms with Gasteiger partial charge in [0.15, 0.2) is 0 Å². The summed E-state index contributed by atoms with van der Waals surface area (Å²) in [5.41, 5.74) is 2.23. The lowest BCUT2D eigenvalue weighted by atomic mass is 9.70. The molecule has 1 aliphatic carbocycles. The van der Waals surface area contributed by atoms with E-state index in [0.29, 0.717) is 11.8 Å². The summed E-state index contributed by atoms with van der Waals surface area (Å²) in [4.78, 5) is 16.6. The first-order valence-electron chi connectivity index (χ1n) is 15.6. The Morgan fingerprint density at radius 1 is 1.10 bits per heavy atom. The first-order valence-corrected chi connectivity index (χ1v) is 15.6. The second-order valence-corrected chi connectivity index (χ2v) is 13.3. The Bertz CT molecular complexity index is 915. The Morgan fingerprint density at radius 3 is 2.35 bits per heavy atom. The van der Waals surface area contributed by atoms with E-state index >= 15 is 0 Å². The molecule has 3 aliphatic rings. The maximum Gasteiger partial charge on any atom is 0.410 e. The minimum Gasteiger partial charge on any atom is -0.444 e. The number of ether oxygens (including phenoxy) is 4. The van der Waals surface area contributed by atoms with Crippen molar-refractivity contribution in [1.82, 2.24) is 19.6 Å². The van der Waals surface area contributed by atoms with Crippen LogP contribution in [0.1, 0.15) is 103 Å². The highest BCUT2D eigenvalue weighted by Gasteiger charge is 2.39. The quantitative estimate of drug-likeness (QED) is 0.328. The molecule has 3 fully saturated rings. The molecule has 0 aromatic carbocycles. The number of aromatic nitrogens is 2. The molecule has 0 radical (unpaired) electrons. The Morgan fingerprint density at radius 2 is 1.77 bits per heavy atom. The normalized spacial score (nSPS) is 22.7. The summed E-state index contributed by atoms with van der Waals surface area (Å²) in [6.07, 6.45) is 9.84. The molecule has 0 N–H and O–H groups in total. The van der Waals surface area contributed by atoms with Crippen LogP contribution in [0.25, 0.3) is 0 Å². The third-order valence-corrected chi connectivity index (χ3v) is 8.61. The summed E-state index contributed by atoms with van der Waals surface area (Å²) >= 11 is 0. The maximum absolute atomic E-state index is 12.4. The van der Waals surface area contributed by atoms with Crippen molar-refractivity contribution in [1.29, 1.82) is 0 Å². The minimum absolute atomic E-state index is 0.0476. The number of hydrogen-bond donors (Lipinski definition) is 0. The first kappa shape index (κ1) is 31.3. The third-order valence-electron chi connectivity index (χ3n) is 8.61. The van der Waals surface area contributed by atoms with E-state index < -0.39 is 5.60 Å². The molecule has 228 valence electrons. The fraction of sp³-hybridized carbons (Fsp3) is 0.871. The molecule has 3 heterocycles. The van der Waals surface area contributed by atoms with Crippen LogP contribution in [0.3, 0.4) is 0 Å². The fourth-order valence-electron chi connectivity index (χ4n) is 6.42. The van der Waals surface area contributed by atoms with Crippen LogP contribution in [-0.4, -0.2) is 91.0 Å². The van der Waals surface area contributed by atoms with Crippen LogP contribution >= 0.6 is 0 Å². The maximum atomic E-state index is 12.4. The number of rotatable bonds is 12. The van der Waals surface area contributed by atoms with Gasteiger partial charge >= 0.3 is 6.09 Å². The van der Waals surface area contributed by atoms with Crippen molar-refractivity contribution in [2.75, 3.05) is 59.7 Å². The molecule has 2 saturated heterocycles. The molecule has 1 saturated carbocycles. The van der Waals surface area contributed by atoms with Gasteiger partial charge < -0.3 is 23.8 Å². The average molecular weight is 563 g/mol. The van der Waals surface area contributed by atoms with Crippen LogP contribution in [0.5, 0.6) is 0 Å². The molecule has 1 unspecified atom stereocenters. The second kappa shape index (κ2) is 14.0. The second-order valence-electron chi connectivity index (χ2n) is 13.3. The van der Waals surface area contributed by atoms with Crippen molar-refractivity contribution >= 4 is 6.09 Å². The molecule has 1 aromatic rings. The lowest BCUT2D eigenvalue weighted by Crippen LogP contribution is -2.51. The van der Waals surface area contributed by atoms with E-state index in [4.69, 9.17) is 24.0 Å². The van der Waals surface area contributed by atoms with Gasteiger partial charge in [-0.3, -0.25) is 4.90 Å². The molecule has 1 aromatic heterocycles. The monoisotopic (exact) mass is 562 g/mol. The van der Waals surface area contributed by atoms with Crippen molar-refractivity contribution in [3.8, 4) is 0 Å². The van der Waals surface area contributed by atoms with Crippen molar-refractivity contribution in [2.45, 2.75) is 104 Å². The topological polar surface area (TPSA) is 78.3 Å². The lowest BCUT2D eigenvalue weighted by molar-refractivity contribution is -0.0421. The Labute approximate surface area is 241 Å². The van der Waals surface area contributed by atoms with Gasteiger partial charge in [0, 0.05) is 82.1 Å². The number of carbonyl (C=O) groups excluding carboxylic acids is 1. The first-order chi connectivity index (χ1) is 19.1. The molecular formula is C31H54N4O5. The largest absolute Gasteiger partial charge is 0.444 e. The zero-order valence-corrected chi connectivity index (χ0v) is 26.0. The van der Waals surface area contributed by atoms with E-state index in [1.54, 1.807) is 4.90 Å². The van der Waals surface area contributed by atoms with Gasteiger partial charge in [-0.05, 0) is 79.6 Å². The summed E-state index contributed by atoms with van der Waals surface area (Å²) < 4.78 is 25.6. The standard InChI is InChI=1S/C31H54N4O5/c1-7-37-22-31(23-38-8-2)14-12-25(13-15-31)28-26(21-35(32-28)27-11-9-10-16-39-27)20-34-18-24(19-34)17-33(6)29(36)40-30(3,4)5/h21,24-25,27H,7-20,22-23H2,1-6H3. The summed E-state index contributed by atoms with van der Waals surface area (Å²) in [5.74, 6) is 0.914. The fourth-order valence-corrected chi connectivity index (χ4v) is 6.42. The van der Waals surface area contributed by atoms with Crippen LogP contribution in [-0.2, 0) is 25.5 Å². The number of carbonyl (C=O) groups is 1. The lowest BCUT2D eigenvalue weighted by Gasteiger charge is -2.41. The van der Waals surface area contributed by atoms with Gasteiger partial charge in [0.25, 0.3) is 0 Å². The molecule has 0 bridgehead atoms. The summed E-state index contributed by atoms with van der Waals surface area (Å²) in [5, 5.41) is 5.20. The molecule has 9 nitrogen and oxygen atoms in total. The summed E-state index contributed by atoms with van der Waals surface area (Å²) in [6, 6.07) is 0. The van der Waals surface area contributed by atoms with Crippen LogP contribution in [0.4, 0.5) is 4.79 Å². The molecule has 9 heteroatoms. The van der Waals surface area contributed by atoms with E-state index in [0.717, 1.165) is 97.7 Å². The zero-order chi connectivity index (χ0) is 28.8. The van der Waals surface area contributed by atoms with Gasteiger partial charge in [-0.25, -0.2) is 9.48 Å². The molecule has 0 spiro atoms. The molecule has 2 aliphatic heterocycles. The van der Waals surface area contributed by atoms with E-state index in [1.165, 1.54) is 17.7 Å². The highest BCUT2D eigenvalue weighted by Crippen LogP contribution is 2.44. The van der Waals surface area contributed by atoms with Crippen LogP contribution in [0.2, 0.25) is 0 Å². The molecule has 40 heavy (non-hydrogen) atoms. The molecule has 4 rings (SSSR count). The van der Waals surface area contributed by atoms with Crippen molar-refractivity contribution < 1.29 is 23.7 Å². The minimum atomic E-state index is -0.472. The summed E-state index contributed by atoms with van der Waals surface area (Å²) in [6.45, 7) is 17.3. The number of hydrogen-bond acceptors (Lipinski definition) is 7. The van der Waals surface area contributed by atoms with Gasteiger partial charge in [0.05, 0.1) is 18.9 Å². The Balaban J connectivity index is 1.39. The van der Waals surface area contributed by atoms with E-state index in [9.17, 15) is 4.79 Å². The average Bonchev–Trinajstić information content (AvgIpc) is 3.33. The van der Waals surface area contributed by atoms with Gasteiger partial charge in [0.2, 0.25) is 0 Å². The van der Waals surface area contributed by atoms with E-state index in [-0.39, 0.29) is 17.7 Å². The third kappa shape index (κ3) is 8.43. The zero-order valence-electron chi connectivity index (χ0n) is 26.0. The smallest absolute Gasteiger partial charge is 0.410 e.